The summed E-state index contributed by atoms with van der Waals surface area (Å²) in [4.78, 5) is 49.6. The summed E-state index contributed by atoms with van der Waals surface area (Å²) in [5.74, 6) is -5.30. The van der Waals surface area contributed by atoms with Crippen molar-refractivity contribution in [2.75, 3.05) is 6.54 Å². The number of primary amides is 1. The Bertz CT molecular complexity index is 2250. The summed E-state index contributed by atoms with van der Waals surface area (Å²) in [6.45, 7) is 0.326. The number of aliphatic carboxylic acids is 1. The van der Waals surface area contributed by atoms with E-state index < -0.39 is 42.0 Å². The Hall–Kier alpha value is -6.97. The van der Waals surface area contributed by atoms with Crippen molar-refractivity contribution in [2.45, 2.75) is 49.9 Å². The molecule has 0 saturated heterocycles. The molecule has 0 aromatic heterocycles. The molecule has 5 aromatic carbocycles. The molecule has 0 aliphatic rings. The van der Waals surface area contributed by atoms with Crippen molar-refractivity contribution in [3.63, 3.8) is 0 Å². The molecule has 0 radical (unpaired) electrons. The predicted molar refractivity (Wildman–Crippen MR) is 211 cm³/mol. The first-order chi connectivity index (χ1) is 27.0. The predicted octanol–water partition coefficient (Wildman–Crippen LogP) is 4.20. The first kappa shape index (κ1) is 42.8. The lowest BCUT2D eigenvalue weighted by Gasteiger charge is -2.25. The third-order valence-electron chi connectivity index (χ3n) is 8.97. The van der Waals surface area contributed by atoms with Gasteiger partial charge >= 0.3 is 12.1 Å². The van der Waals surface area contributed by atoms with Crippen LogP contribution in [0.3, 0.4) is 0 Å². The Morgan fingerprint density at radius 1 is 0.667 bits per heavy atom. The van der Waals surface area contributed by atoms with E-state index in [4.69, 9.17) is 37.9 Å². The molecule has 3 amide bonds. The number of rotatable bonds is 15. The smallest absolute Gasteiger partial charge is 0.475 e. The molecular weight excluding hydrogens is 741 g/mol. The van der Waals surface area contributed by atoms with E-state index in [1.807, 2.05) is 97.1 Å². The summed E-state index contributed by atoms with van der Waals surface area (Å²) in [5.41, 5.74) is 19.7. The number of alkyl halides is 3. The fourth-order valence-corrected chi connectivity index (χ4v) is 6.01. The molecule has 0 heterocycles. The third-order valence-corrected chi connectivity index (χ3v) is 8.97. The molecule has 12 N–H and O–H groups in total. The number of carboxylic acid groups (broad SMARTS) is 1. The number of hydrogen-bond donors (Lipinski definition) is 9. The van der Waals surface area contributed by atoms with Gasteiger partial charge in [0.05, 0.1) is 5.92 Å². The second kappa shape index (κ2) is 19.6. The lowest BCUT2D eigenvalue weighted by molar-refractivity contribution is -0.192. The molecule has 0 spiro atoms. The molecule has 13 nitrogen and oxygen atoms in total. The van der Waals surface area contributed by atoms with Crippen LogP contribution >= 0.6 is 0 Å². The van der Waals surface area contributed by atoms with Crippen molar-refractivity contribution in [1.82, 2.24) is 16.0 Å². The van der Waals surface area contributed by atoms with Crippen molar-refractivity contribution >= 4 is 57.0 Å². The molecule has 0 bridgehead atoms. The van der Waals surface area contributed by atoms with E-state index >= 15 is 0 Å². The first-order valence-corrected chi connectivity index (χ1v) is 17.7. The molecule has 298 valence electrons. The van der Waals surface area contributed by atoms with Crippen LogP contribution in [0.25, 0.3) is 21.5 Å². The number of amidine groups is 1. The highest BCUT2D eigenvalue weighted by Gasteiger charge is 2.38. The zero-order chi connectivity index (χ0) is 41.7. The van der Waals surface area contributed by atoms with Gasteiger partial charge in [0.1, 0.15) is 17.9 Å². The average molecular weight is 785 g/mol. The lowest BCUT2D eigenvalue weighted by Crippen LogP contribution is -2.54. The van der Waals surface area contributed by atoms with Crippen LogP contribution in [-0.2, 0) is 32.0 Å². The quantitative estimate of drug-likeness (QED) is 0.0422. The zero-order valence-corrected chi connectivity index (χ0v) is 30.6. The van der Waals surface area contributed by atoms with Gasteiger partial charge in [-0.05, 0) is 57.5 Å². The summed E-state index contributed by atoms with van der Waals surface area (Å²) >= 11 is 0. The van der Waals surface area contributed by atoms with Crippen LogP contribution < -0.4 is 33.2 Å². The number of carboxylic acids is 1. The molecule has 0 aliphatic carbocycles. The number of carbonyl (C=O) groups is 4. The molecule has 16 heteroatoms. The van der Waals surface area contributed by atoms with Gasteiger partial charge in [-0.2, -0.15) is 13.2 Å². The summed E-state index contributed by atoms with van der Waals surface area (Å²) in [7, 11) is 0. The van der Waals surface area contributed by atoms with E-state index in [2.05, 4.69) is 16.0 Å². The van der Waals surface area contributed by atoms with Crippen LogP contribution in [0.5, 0.6) is 0 Å². The van der Waals surface area contributed by atoms with Crippen LogP contribution in [0.15, 0.2) is 109 Å². The number of benzene rings is 5. The monoisotopic (exact) mass is 784 g/mol. The van der Waals surface area contributed by atoms with Gasteiger partial charge in [-0.1, -0.05) is 109 Å². The van der Waals surface area contributed by atoms with Crippen LogP contribution in [0, 0.1) is 10.8 Å². The summed E-state index contributed by atoms with van der Waals surface area (Å²) in [6, 6.07) is 32.7. The van der Waals surface area contributed by atoms with Crippen molar-refractivity contribution in [3.05, 3.63) is 131 Å². The van der Waals surface area contributed by atoms with Gasteiger partial charge < -0.3 is 38.3 Å². The molecule has 57 heavy (non-hydrogen) atoms. The Morgan fingerprint density at radius 3 is 1.74 bits per heavy atom. The average Bonchev–Trinajstić information content (AvgIpc) is 3.17. The van der Waals surface area contributed by atoms with Crippen molar-refractivity contribution in [1.29, 1.82) is 10.8 Å². The fraction of sp³-hybridized carbons (Fsp3) is 0.220. The van der Waals surface area contributed by atoms with E-state index in [0.717, 1.165) is 38.2 Å². The van der Waals surface area contributed by atoms with Gasteiger partial charge in [0, 0.05) is 18.5 Å². The van der Waals surface area contributed by atoms with Gasteiger partial charge in [-0.15, -0.1) is 0 Å². The SMILES string of the molecule is N=C(N)NCCC[C@H](NC(=O)[C@H](Cc1ccc2ccccc2c1)NC(=O)[C@H](Cc1ccc(C(=N)N)cc1)c1ccc2ccccc2c1)C(N)=O.O=C(O)C(F)(F)F. The van der Waals surface area contributed by atoms with Crippen molar-refractivity contribution in [3.8, 4) is 0 Å². The zero-order valence-electron chi connectivity index (χ0n) is 30.6. The molecule has 0 unspecified atom stereocenters. The second-order valence-corrected chi connectivity index (χ2v) is 13.2. The molecule has 0 saturated carbocycles. The third kappa shape index (κ3) is 12.8. The number of halogens is 3. The molecule has 3 atom stereocenters. The number of amides is 3. The van der Waals surface area contributed by atoms with E-state index in [9.17, 15) is 27.6 Å². The minimum atomic E-state index is -5.08. The summed E-state index contributed by atoms with van der Waals surface area (Å²) < 4.78 is 31.7. The number of hydrogen-bond acceptors (Lipinski definition) is 6. The van der Waals surface area contributed by atoms with Gasteiger partial charge in [-0.25, -0.2) is 4.79 Å². The highest BCUT2D eigenvalue weighted by Crippen LogP contribution is 2.27. The topological polar surface area (TPSA) is 250 Å². The Balaban J connectivity index is 0.000000940. The van der Waals surface area contributed by atoms with Crippen LogP contribution in [0.2, 0.25) is 0 Å². The van der Waals surface area contributed by atoms with Gasteiger partial charge in [-0.3, -0.25) is 25.2 Å². The minimum absolute atomic E-state index is 0.0488. The van der Waals surface area contributed by atoms with Gasteiger partial charge in [0.25, 0.3) is 0 Å². The molecule has 5 aromatic rings. The fourth-order valence-electron chi connectivity index (χ4n) is 6.01. The molecule has 0 fully saturated rings. The number of nitrogens with two attached hydrogens (primary N) is 3. The Labute approximate surface area is 325 Å². The highest BCUT2D eigenvalue weighted by molar-refractivity contribution is 5.96. The van der Waals surface area contributed by atoms with E-state index in [0.29, 0.717) is 24.9 Å². The van der Waals surface area contributed by atoms with Crippen LogP contribution in [-0.4, -0.2) is 65.4 Å². The van der Waals surface area contributed by atoms with Crippen molar-refractivity contribution < 1.29 is 37.5 Å². The van der Waals surface area contributed by atoms with Gasteiger partial charge in [0.15, 0.2) is 5.96 Å². The Kier molecular flexibility index (Phi) is 14.7. The maximum absolute atomic E-state index is 14.4. The largest absolute Gasteiger partial charge is 0.490 e. The standard InChI is InChI=1S/C39H42N8O3.C2HF3O2/c40-35(41)28-15-11-24(12-16-28)21-32(31-18-17-27-7-2-4-9-30(27)23-31)37(49)47-34(22-25-13-14-26-6-1-3-8-29(26)20-25)38(50)46-33(36(42)48)10-5-19-45-39(43)44;3-2(4,5)1(6)7/h1-4,6-9,11-18,20,23,32-34H,5,10,19,21-22H2,(H3,40,41)(H2,42,48)(H,46,50)(H,47,49)(H4,43,44,45);(H,6,7)/t32-,33+,34+;/m1./s1. The summed E-state index contributed by atoms with van der Waals surface area (Å²) in [5, 5.41) is 34.7. The number of fused-ring (bicyclic) bond motifs is 2. The highest BCUT2D eigenvalue weighted by atomic mass is 19.4. The number of carbonyl (C=O) groups excluding carboxylic acids is 3. The maximum Gasteiger partial charge on any atom is 0.490 e. The summed E-state index contributed by atoms with van der Waals surface area (Å²) in [6.07, 6.45) is -3.97. The van der Waals surface area contributed by atoms with Gasteiger partial charge in [0.2, 0.25) is 17.7 Å². The van der Waals surface area contributed by atoms with Crippen LogP contribution in [0.4, 0.5) is 13.2 Å². The number of nitrogens with one attached hydrogen (secondary N) is 5. The lowest BCUT2D eigenvalue weighted by atomic mass is 9.89. The minimum Gasteiger partial charge on any atom is -0.475 e. The maximum atomic E-state index is 14.4. The number of guanidine groups is 1. The van der Waals surface area contributed by atoms with Crippen molar-refractivity contribution in [2.24, 2.45) is 17.2 Å². The van der Waals surface area contributed by atoms with E-state index in [1.165, 1.54) is 0 Å². The van der Waals surface area contributed by atoms with E-state index in [-0.39, 0.29) is 30.5 Å². The second-order valence-electron chi connectivity index (χ2n) is 13.2. The molecular formula is C41H43F3N8O5. The first-order valence-electron chi connectivity index (χ1n) is 17.7. The van der Waals surface area contributed by atoms with E-state index in [1.54, 1.807) is 12.1 Å². The molecule has 0 aliphatic heterocycles. The normalized spacial score (nSPS) is 12.6. The number of nitrogen functional groups attached to an aromatic ring is 1. The Morgan fingerprint density at radius 2 is 1.19 bits per heavy atom. The van der Waals surface area contributed by atoms with Crippen LogP contribution in [0.1, 0.15) is 41.0 Å². The molecule has 5 rings (SSSR count).